The largest absolute Gasteiger partial charge is 0.497 e. The molecule has 100 valence electrons. The Balaban J connectivity index is 2.31. The lowest BCUT2D eigenvalue weighted by atomic mass is 9.78. The normalized spacial score (nSPS) is 27.9. The molecule has 1 saturated carbocycles. The minimum Gasteiger partial charge on any atom is -0.497 e. The average Bonchev–Trinajstić information content (AvgIpc) is 2.41. The molecule has 4 heteroatoms. The van der Waals surface area contributed by atoms with E-state index in [0.717, 1.165) is 18.4 Å². The van der Waals surface area contributed by atoms with Gasteiger partial charge >= 0.3 is 0 Å². The lowest BCUT2D eigenvalue weighted by Gasteiger charge is -2.35. The Hall–Kier alpha value is -1.26. The predicted molar refractivity (Wildman–Crippen MR) is 69.9 cm³/mol. The maximum atomic E-state index is 10.7. The van der Waals surface area contributed by atoms with Crippen molar-refractivity contribution in [3.8, 4) is 11.5 Å². The van der Waals surface area contributed by atoms with Gasteiger partial charge in [-0.3, -0.25) is 0 Å². The second-order valence-corrected chi connectivity index (χ2v) is 4.97. The monoisotopic (exact) mass is 251 g/mol. The van der Waals surface area contributed by atoms with E-state index in [0.29, 0.717) is 24.3 Å². The first-order chi connectivity index (χ1) is 8.57. The molecule has 0 aromatic heterocycles. The van der Waals surface area contributed by atoms with Gasteiger partial charge in [0.1, 0.15) is 11.5 Å². The van der Waals surface area contributed by atoms with E-state index < -0.39 is 5.60 Å². The fraction of sp³-hybridized carbons (Fsp3) is 0.571. The lowest BCUT2D eigenvalue weighted by Crippen LogP contribution is -2.36. The molecule has 0 amide bonds. The van der Waals surface area contributed by atoms with Crippen LogP contribution < -0.4 is 15.2 Å². The summed E-state index contributed by atoms with van der Waals surface area (Å²) in [7, 11) is 3.22. The van der Waals surface area contributed by atoms with Crippen LogP contribution in [0.5, 0.6) is 11.5 Å². The number of hydrogen-bond donors (Lipinski definition) is 2. The van der Waals surface area contributed by atoms with Gasteiger partial charge in [0.25, 0.3) is 0 Å². The number of hydrogen-bond acceptors (Lipinski definition) is 4. The van der Waals surface area contributed by atoms with Crippen molar-refractivity contribution in [1.82, 2.24) is 0 Å². The summed E-state index contributed by atoms with van der Waals surface area (Å²) in [6.45, 7) is 0. The highest BCUT2D eigenvalue weighted by atomic mass is 16.5. The Labute approximate surface area is 108 Å². The molecule has 18 heavy (non-hydrogen) atoms. The van der Waals surface area contributed by atoms with E-state index in [1.807, 2.05) is 12.1 Å². The van der Waals surface area contributed by atoms with Crippen LogP contribution in [0.4, 0.5) is 0 Å². The zero-order chi connectivity index (χ0) is 13.2. The summed E-state index contributed by atoms with van der Waals surface area (Å²) in [5.41, 5.74) is 5.93. The molecule has 0 aliphatic heterocycles. The van der Waals surface area contributed by atoms with E-state index in [1.165, 1.54) is 0 Å². The van der Waals surface area contributed by atoms with Gasteiger partial charge in [0.2, 0.25) is 0 Å². The third kappa shape index (κ3) is 2.60. The van der Waals surface area contributed by atoms with Crippen molar-refractivity contribution in [2.45, 2.75) is 37.3 Å². The van der Waals surface area contributed by atoms with E-state index in [-0.39, 0.29) is 6.04 Å². The summed E-state index contributed by atoms with van der Waals surface area (Å²) in [5.74, 6) is 1.40. The van der Waals surface area contributed by atoms with Gasteiger partial charge in [-0.05, 0) is 43.4 Å². The first-order valence-electron chi connectivity index (χ1n) is 6.29. The first-order valence-corrected chi connectivity index (χ1v) is 6.29. The fourth-order valence-electron chi connectivity index (χ4n) is 2.48. The van der Waals surface area contributed by atoms with E-state index in [9.17, 15) is 5.11 Å². The molecule has 0 heterocycles. The number of benzene rings is 1. The lowest BCUT2D eigenvalue weighted by molar-refractivity contribution is -0.00528. The molecule has 0 spiro atoms. The van der Waals surface area contributed by atoms with Gasteiger partial charge in [-0.2, -0.15) is 0 Å². The van der Waals surface area contributed by atoms with Crippen molar-refractivity contribution in [2.75, 3.05) is 14.2 Å². The Morgan fingerprint density at radius 1 is 1.11 bits per heavy atom. The third-order valence-electron chi connectivity index (χ3n) is 3.75. The SMILES string of the molecule is COc1cc(OC)cc(C2(O)CCC(N)CC2)c1. The molecular weight excluding hydrogens is 230 g/mol. The molecule has 1 aromatic carbocycles. The summed E-state index contributed by atoms with van der Waals surface area (Å²) >= 11 is 0. The van der Waals surface area contributed by atoms with E-state index in [2.05, 4.69) is 0 Å². The number of methoxy groups -OCH3 is 2. The minimum atomic E-state index is -0.808. The van der Waals surface area contributed by atoms with Gasteiger partial charge < -0.3 is 20.3 Å². The van der Waals surface area contributed by atoms with Gasteiger partial charge in [0.15, 0.2) is 0 Å². The summed E-state index contributed by atoms with van der Waals surface area (Å²) in [6.07, 6.45) is 3.06. The van der Waals surface area contributed by atoms with Crippen LogP contribution in [0.1, 0.15) is 31.2 Å². The highest BCUT2D eigenvalue weighted by Gasteiger charge is 2.34. The van der Waals surface area contributed by atoms with Crippen LogP contribution in [0.2, 0.25) is 0 Å². The molecule has 1 aromatic rings. The van der Waals surface area contributed by atoms with Gasteiger partial charge in [-0.15, -0.1) is 0 Å². The van der Waals surface area contributed by atoms with E-state index >= 15 is 0 Å². The van der Waals surface area contributed by atoms with Crippen LogP contribution >= 0.6 is 0 Å². The minimum absolute atomic E-state index is 0.206. The molecule has 3 N–H and O–H groups in total. The highest BCUT2D eigenvalue weighted by molar-refractivity contribution is 5.41. The highest BCUT2D eigenvalue weighted by Crippen LogP contribution is 2.39. The van der Waals surface area contributed by atoms with E-state index in [1.54, 1.807) is 20.3 Å². The molecule has 1 fully saturated rings. The standard InChI is InChI=1S/C14H21NO3/c1-17-12-7-10(8-13(9-12)18-2)14(16)5-3-11(15)4-6-14/h7-9,11,16H,3-6,15H2,1-2H3. The number of nitrogens with two attached hydrogens (primary N) is 1. The Morgan fingerprint density at radius 2 is 1.61 bits per heavy atom. The zero-order valence-electron chi connectivity index (χ0n) is 11.0. The maximum absolute atomic E-state index is 10.7. The zero-order valence-corrected chi connectivity index (χ0v) is 11.0. The number of rotatable bonds is 3. The Bertz CT molecular complexity index is 389. The smallest absolute Gasteiger partial charge is 0.122 e. The van der Waals surface area contributed by atoms with Crippen LogP contribution in [0.3, 0.4) is 0 Å². The predicted octanol–water partition coefficient (Wildman–Crippen LogP) is 1.79. The summed E-state index contributed by atoms with van der Waals surface area (Å²) in [5, 5.41) is 10.7. The fourth-order valence-corrected chi connectivity index (χ4v) is 2.48. The Kier molecular flexibility index (Phi) is 3.78. The number of ether oxygens (including phenoxy) is 2. The van der Waals surface area contributed by atoms with Crippen molar-refractivity contribution in [1.29, 1.82) is 0 Å². The number of aliphatic hydroxyl groups is 1. The van der Waals surface area contributed by atoms with Crippen molar-refractivity contribution >= 4 is 0 Å². The van der Waals surface area contributed by atoms with Crippen molar-refractivity contribution in [3.05, 3.63) is 23.8 Å². The van der Waals surface area contributed by atoms with Crippen LogP contribution in [-0.4, -0.2) is 25.4 Å². The summed E-state index contributed by atoms with van der Waals surface area (Å²) in [6, 6.07) is 5.76. The molecule has 0 saturated heterocycles. The van der Waals surface area contributed by atoms with E-state index in [4.69, 9.17) is 15.2 Å². The third-order valence-corrected chi connectivity index (χ3v) is 3.75. The topological polar surface area (TPSA) is 64.7 Å². The van der Waals surface area contributed by atoms with Crippen LogP contribution in [-0.2, 0) is 5.60 Å². The van der Waals surface area contributed by atoms with Gasteiger partial charge in [0.05, 0.1) is 19.8 Å². The van der Waals surface area contributed by atoms with Crippen LogP contribution in [0, 0.1) is 0 Å². The molecule has 4 nitrogen and oxygen atoms in total. The Morgan fingerprint density at radius 3 is 2.06 bits per heavy atom. The first kappa shape index (κ1) is 13.2. The van der Waals surface area contributed by atoms with Gasteiger partial charge in [-0.25, -0.2) is 0 Å². The van der Waals surface area contributed by atoms with Gasteiger partial charge in [0, 0.05) is 12.1 Å². The molecule has 0 bridgehead atoms. The second kappa shape index (κ2) is 5.16. The molecule has 0 atom stereocenters. The van der Waals surface area contributed by atoms with Crippen LogP contribution in [0.15, 0.2) is 18.2 Å². The summed E-state index contributed by atoms with van der Waals surface area (Å²) in [4.78, 5) is 0. The van der Waals surface area contributed by atoms with Crippen molar-refractivity contribution in [2.24, 2.45) is 5.73 Å². The average molecular weight is 251 g/mol. The molecule has 1 aliphatic rings. The molecule has 0 unspecified atom stereocenters. The molecule has 1 aliphatic carbocycles. The quantitative estimate of drug-likeness (QED) is 0.859. The molecule has 0 radical (unpaired) electrons. The summed E-state index contributed by atoms with van der Waals surface area (Å²) < 4.78 is 10.5. The second-order valence-electron chi connectivity index (χ2n) is 4.97. The van der Waals surface area contributed by atoms with Crippen LogP contribution in [0.25, 0.3) is 0 Å². The van der Waals surface area contributed by atoms with Crippen molar-refractivity contribution < 1.29 is 14.6 Å². The van der Waals surface area contributed by atoms with Crippen molar-refractivity contribution in [3.63, 3.8) is 0 Å². The maximum Gasteiger partial charge on any atom is 0.122 e. The molecular formula is C14H21NO3. The van der Waals surface area contributed by atoms with Gasteiger partial charge in [-0.1, -0.05) is 0 Å². The molecule has 2 rings (SSSR count).